The van der Waals surface area contributed by atoms with Gasteiger partial charge in [-0.05, 0) is 12.8 Å². The second-order valence-corrected chi connectivity index (χ2v) is 4.60. The summed E-state index contributed by atoms with van der Waals surface area (Å²) >= 11 is 0. The molecule has 0 unspecified atom stereocenters. The highest BCUT2D eigenvalue weighted by atomic mass is 16.2. The third kappa shape index (κ3) is 1.38. The van der Waals surface area contributed by atoms with Gasteiger partial charge in [-0.15, -0.1) is 0 Å². The molecule has 1 N–H and O–H groups in total. The van der Waals surface area contributed by atoms with E-state index in [1.54, 1.807) is 0 Å². The molecule has 1 saturated carbocycles. The first-order valence-electron chi connectivity index (χ1n) is 5.41. The zero-order valence-electron chi connectivity index (χ0n) is 9.05. The molecule has 2 fully saturated rings. The molecule has 0 aromatic carbocycles. The van der Waals surface area contributed by atoms with Gasteiger partial charge in [-0.25, -0.2) is 14.8 Å². The minimum absolute atomic E-state index is 0.0666. The van der Waals surface area contributed by atoms with Gasteiger partial charge in [0.05, 0.1) is 5.54 Å². The Balaban J connectivity index is 2.20. The highest BCUT2D eigenvalue weighted by molar-refractivity contribution is 5.77. The lowest BCUT2D eigenvalue weighted by atomic mass is 9.82. The van der Waals surface area contributed by atoms with E-state index in [0.29, 0.717) is 0 Å². The van der Waals surface area contributed by atoms with Gasteiger partial charge in [-0.1, -0.05) is 19.3 Å². The molecule has 4 heteroatoms. The Bertz CT molecular complexity index is 234. The Morgan fingerprint density at radius 3 is 2.50 bits per heavy atom. The molecule has 0 radical (unpaired) electrons. The molecule has 1 aliphatic carbocycles. The number of hydrogen-bond donors (Lipinski definition) is 1. The summed E-state index contributed by atoms with van der Waals surface area (Å²) in [6.07, 6.45) is 6.10. The second kappa shape index (κ2) is 3.42. The summed E-state index contributed by atoms with van der Waals surface area (Å²) in [5.74, 6) is 0. The van der Waals surface area contributed by atoms with Crippen LogP contribution in [0.2, 0.25) is 0 Å². The number of rotatable bonds is 1. The fraction of sp³-hybridized carbons (Fsp3) is 0.900. The van der Waals surface area contributed by atoms with Gasteiger partial charge in [0.2, 0.25) is 0 Å². The van der Waals surface area contributed by atoms with Crippen LogP contribution in [-0.4, -0.2) is 42.2 Å². The SMILES string of the molecule is CN(C)N1C(=O)NCC12CCCCC2. The predicted molar refractivity (Wildman–Crippen MR) is 54.7 cm³/mol. The predicted octanol–water partition coefficient (Wildman–Crippen LogP) is 1.19. The van der Waals surface area contributed by atoms with E-state index in [9.17, 15) is 4.79 Å². The molecule has 1 heterocycles. The molecular formula is C10H19N3O. The van der Waals surface area contributed by atoms with E-state index in [-0.39, 0.29) is 11.6 Å². The number of hydrogen-bond acceptors (Lipinski definition) is 2. The van der Waals surface area contributed by atoms with Crippen molar-refractivity contribution in [3.63, 3.8) is 0 Å². The van der Waals surface area contributed by atoms with Crippen molar-refractivity contribution >= 4 is 6.03 Å². The maximum absolute atomic E-state index is 11.7. The minimum Gasteiger partial charge on any atom is -0.334 e. The molecule has 1 spiro atoms. The van der Waals surface area contributed by atoms with Gasteiger partial charge in [0.1, 0.15) is 0 Å². The molecule has 1 aliphatic heterocycles. The highest BCUT2D eigenvalue weighted by Crippen LogP contribution is 2.36. The lowest BCUT2D eigenvalue weighted by molar-refractivity contribution is -0.0238. The highest BCUT2D eigenvalue weighted by Gasteiger charge is 2.47. The van der Waals surface area contributed by atoms with Gasteiger partial charge in [0.25, 0.3) is 0 Å². The number of carbonyl (C=O) groups excluding carboxylic acids is 1. The van der Waals surface area contributed by atoms with Crippen molar-refractivity contribution < 1.29 is 4.79 Å². The lowest BCUT2D eigenvalue weighted by Crippen LogP contribution is -2.54. The van der Waals surface area contributed by atoms with Gasteiger partial charge >= 0.3 is 6.03 Å². The fourth-order valence-electron chi connectivity index (χ4n) is 2.81. The fourth-order valence-corrected chi connectivity index (χ4v) is 2.81. The Morgan fingerprint density at radius 1 is 1.29 bits per heavy atom. The van der Waals surface area contributed by atoms with Gasteiger partial charge in [0, 0.05) is 20.6 Å². The number of hydrazine groups is 1. The van der Waals surface area contributed by atoms with Crippen LogP contribution in [0.3, 0.4) is 0 Å². The summed E-state index contributed by atoms with van der Waals surface area (Å²) in [6.45, 7) is 0.823. The normalized spacial score (nSPS) is 25.9. The number of carbonyl (C=O) groups is 1. The summed E-state index contributed by atoms with van der Waals surface area (Å²) in [5, 5.41) is 6.79. The molecule has 0 aromatic heterocycles. The molecule has 2 amide bonds. The largest absolute Gasteiger partial charge is 0.334 e. The van der Waals surface area contributed by atoms with Crippen molar-refractivity contribution in [2.45, 2.75) is 37.6 Å². The summed E-state index contributed by atoms with van der Waals surface area (Å²) in [5.41, 5.74) is 0.0822. The Kier molecular flexibility index (Phi) is 2.39. The van der Waals surface area contributed by atoms with Crippen LogP contribution in [0, 0.1) is 0 Å². The van der Waals surface area contributed by atoms with Gasteiger partial charge in [-0.2, -0.15) is 0 Å². The van der Waals surface area contributed by atoms with E-state index in [0.717, 1.165) is 19.4 Å². The van der Waals surface area contributed by atoms with E-state index >= 15 is 0 Å². The van der Waals surface area contributed by atoms with Crippen LogP contribution < -0.4 is 5.32 Å². The quantitative estimate of drug-likeness (QED) is 0.685. The van der Waals surface area contributed by atoms with Crippen LogP contribution in [0.5, 0.6) is 0 Å². The maximum Gasteiger partial charge on any atom is 0.332 e. The Hall–Kier alpha value is -0.770. The third-order valence-corrected chi connectivity index (χ3v) is 3.39. The number of nitrogens with zero attached hydrogens (tertiary/aromatic N) is 2. The van der Waals surface area contributed by atoms with Crippen LogP contribution >= 0.6 is 0 Å². The van der Waals surface area contributed by atoms with Crippen molar-refractivity contribution in [1.29, 1.82) is 0 Å². The molecule has 2 aliphatic rings. The summed E-state index contributed by atoms with van der Waals surface area (Å²) in [4.78, 5) is 11.7. The van der Waals surface area contributed by atoms with E-state index in [4.69, 9.17) is 0 Å². The molecule has 0 bridgehead atoms. The van der Waals surface area contributed by atoms with Gasteiger partial charge < -0.3 is 5.32 Å². The molecule has 14 heavy (non-hydrogen) atoms. The summed E-state index contributed by atoms with van der Waals surface area (Å²) in [7, 11) is 3.89. The summed E-state index contributed by atoms with van der Waals surface area (Å²) < 4.78 is 0. The van der Waals surface area contributed by atoms with Crippen molar-refractivity contribution in [2.24, 2.45) is 0 Å². The smallest absolute Gasteiger partial charge is 0.332 e. The number of amides is 2. The van der Waals surface area contributed by atoms with Gasteiger partial charge in [-0.3, -0.25) is 0 Å². The Labute approximate surface area is 85.2 Å². The van der Waals surface area contributed by atoms with E-state index < -0.39 is 0 Å². The molecule has 4 nitrogen and oxygen atoms in total. The zero-order valence-corrected chi connectivity index (χ0v) is 9.05. The maximum atomic E-state index is 11.7. The molecular weight excluding hydrogens is 178 g/mol. The van der Waals surface area contributed by atoms with Crippen molar-refractivity contribution in [3.8, 4) is 0 Å². The first-order valence-corrected chi connectivity index (χ1v) is 5.41. The second-order valence-electron chi connectivity index (χ2n) is 4.60. The van der Waals surface area contributed by atoms with Crippen LogP contribution in [0.25, 0.3) is 0 Å². The van der Waals surface area contributed by atoms with Crippen molar-refractivity contribution in [3.05, 3.63) is 0 Å². The van der Waals surface area contributed by atoms with E-state index in [1.807, 2.05) is 24.1 Å². The molecule has 0 atom stereocenters. The van der Waals surface area contributed by atoms with Crippen molar-refractivity contribution in [1.82, 2.24) is 15.3 Å². The zero-order chi connectivity index (χ0) is 10.2. The first-order chi connectivity index (χ1) is 6.66. The molecule has 80 valence electrons. The average Bonchev–Trinajstić information content (AvgIpc) is 2.45. The van der Waals surface area contributed by atoms with Crippen LogP contribution in [0.1, 0.15) is 32.1 Å². The van der Waals surface area contributed by atoms with E-state index in [1.165, 1.54) is 19.3 Å². The van der Waals surface area contributed by atoms with E-state index in [2.05, 4.69) is 5.32 Å². The number of nitrogens with one attached hydrogen (secondary N) is 1. The number of urea groups is 1. The van der Waals surface area contributed by atoms with Crippen molar-refractivity contribution in [2.75, 3.05) is 20.6 Å². The Morgan fingerprint density at radius 2 is 1.93 bits per heavy atom. The van der Waals surface area contributed by atoms with Gasteiger partial charge in [0.15, 0.2) is 0 Å². The minimum atomic E-state index is 0.0666. The van der Waals surface area contributed by atoms with Crippen LogP contribution in [0.15, 0.2) is 0 Å². The van der Waals surface area contributed by atoms with Crippen LogP contribution in [0.4, 0.5) is 4.79 Å². The first kappa shape index (κ1) is 9.77. The summed E-state index contributed by atoms with van der Waals surface area (Å²) in [6, 6.07) is 0.0666. The molecule has 0 aromatic rings. The average molecular weight is 197 g/mol. The monoisotopic (exact) mass is 197 g/mol. The van der Waals surface area contributed by atoms with Crippen LogP contribution in [-0.2, 0) is 0 Å². The molecule has 1 saturated heterocycles. The third-order valence-electron chi connectivity index (χ3n) is 3.39. The molecule has 2 rings (SSSR count). The topological polar surface area (TPSA) is 35.6 Å². The standard InChI is InChI=1S/C10H19N3O/c1-12(2)13-9(14)11-8-10(13)6-4-3-5-7-10/h3-8H2,1-2H3,(H,11,14). The lowest BCUT2D eigenvalue weighted by Gasteiger charge is -2.42.